The standard InChI is InChI=1S/C41H36FN5O3S/c1-25-6-12-31(39(43-25)46-23-41(24-46)15-18-50-19-16-41)35(48)20-26-7-9-27(10-8-26)40(49)47-17-14-28-21-36(38-44-32-4-2-3-5-33(32)45-38)51-37(28)30-13-11-29(42)22-34(30)47/h2-13,21-22H,14-20,23-24H2,1H3,(H,44,45). The van der Waals surface area contributed by atoms with Crippen LogP contribution in [0.3, 0.4) is 0 Å². The van der Waals surface area contributed by atoms with Crippen molar-refractivity contribution in [3.05, 3.63) is 119 Å². The van der Waals surface area contributed by atoms with Crippen LogP contribution in [0.5, 0.6) is 0 Å². The van der Waals surface area contributed by atoms with Crippen molar-refractivity contribution in [1.82, 2.24) is 15.0 Å². The number of hydrogen-bond acceptors (Lipinski definition) is 7. The maximum Gasteiger partial charge on any atom is 0.258 e. The van der Waals surface area contributed by atoms with Gasteiger partial charge >= 0.3 is 0 Å². The molecule has 51 heavy (non-hydrogen) atoms. The number of para-hydroxylation sites is 2. The van der Waals surface area contributed by atoms with Crippen LogP contribution in [-0.2, 0) is 17.6 Å². The first-order valence-corrected chi connectivity index (χ1v) is 18.3. The van der Waals surface area contributed by atoms with E-state index >= 15 is 0 Å². The molecule has 0 unspecified atom stereocenters. The van der Waals surface area contributed by atoms with Crippen LogP contribution in [0.15, 0.2) is 84.9 Å². The summed E-state index contributed by atoms with van der Waals surface area (Å²) in [4.78, 5) is 46.6. The van der Waals surface area contributed by atoms with E-state index in [-0.39, 0.29) is 23.5 Å². The molecule has 0 atom stereocenters. The lowest BCUT2D eigenvalue weighted by molar-refractivity contribution is -0.000522. The Morgan fingerprint density at radius 2 is 1.76 bits per heavy atom. The van der Waals surface area contributed by atoms with Crippen LogP contribution in [0.4, 0.5) is 15.9 Å². The summed E-state index contributed by atoms with van der Waals surface area (Å²) in [7, 11) is 0. The van der Waals surface area contributed by atoms with Crippen LogP contribution in [0.2, 0.25) is 0 Å². The minimum absolute atomic E-state index is 0.00501. The first-order chi connectivity index (χ1) is 24.8. The van der Waals surface area contributed by atoms with E-state index in [1.165, 1.54) is 12.1 Å². The van der Waals surface area contributed by atoms with Gasteiger partial charge in [0.25, 0.3) is 5.91 Å². The molecule has 256 valence electrons. The first-order valence-electron chi connectivity index (χ1n) is 17.4. The number of amides is 1. The van der Waals surface area contributed by atoms with E-state index in [0.29, 0.717) is 29.8 Å². The summed E-state index contributed by atoms with van der Waals surface area (Å²) in [6, 6.07) is 25.7. The summed E-state index contributed by atoms with van der Waals surface area (Å²) in [5, 5.41) is 0. The van der Waals surface area contributed by atoms with Crippen molar-refractivity contribution in [2.45, 2.75) is 32.6 Å². The first kappa shape index (κ1) is 31.8. The number of halogens is 1. The molecular formula is C41H36FN5O3S. The zero-order chi connectivity index (χ0) is 34.7. The second-order valence-corrected chi connectivity index (χ2v) is 15.1. The van der Waals surface area contributed by atoms with Crippen molar-refractivity contribution < 1.29 is 18.7 Å². The summed E-state index contributed by atoms with van der Waals surface area (Å²) in [6.45, 7) is 5.72. The molecule has 0 bridgehead atoms. The van der Waals surface area contributed by atoms with Crippen LogP contribution >= 0.6 is 11.3 Å². The number of nitrogens with one attached hydrogen (secondary N) is 1. The van der Waals surface area contributed by atoms with Gasteiger partial charge in [0.05, 0.1) is 27.2 Å². The molecular weight excluding hydrogens is 662 g/mol. The maximum absolute atomic E-state index is 14.8. The number of fused-ring (bicyclic) bond motifs is 4. The fourth-order valence-electron chi connectivity index (χ4n) is 7.75. The zero-order valence-electron chi connectivity index (χ0n) is 28.2. The molecule has 1 spiro atoms. The Hall–Kier alpha value is -5.19. The normalized spacial score (nSPS) is 16.4. The van der Waals surface area contributed by atoms with Gasteiger partial charge in [-0.3, -0.25) is 9.59 Å². The molecule has 10 heteroatoms. The summed E-state index contributed by atoms with van der Waals surface area (Å²) in [5.41, 5.74) is 7.40. The summed E-state index contributed by atoms with van der Waals surface area (Å²) < 4.78 is 20.3. The van der Waals surface area contributed by atoms with Crippen molar-refractivity contribution in [3.8, 4) is 21.1 Å². The number of hydrogen-bond donors (Lipinski definition) is 1. The van der Waals surface area contributed by atoms with Crippen LogP contribution < -0.4 is 9.80 Å². The average molecular weight is 698 g/mol. The van der Waals surface area contributed by atoms with Crippen molar-refractivity contribution in [3.63, 3.8) is 0 Å². The number of nitrogens with zero attached hydrogens (tertiary/aromatic N) is 4. The van der Waals surface area contributed by atoms with Crippen molar-refractivity contribution in [2.75, 3.05) is 42.6 Å². The van der Waals surface area contributed by atoms with Crippen LogP contribution in [0.1, 0.15) is 50.4 Å². The van der Waals surface area contributed by atoms with Crippen molar-refractivity contribution >= 4 is 45.6 Å². The topological polar surface area (TPSA) is 91.4 Å². The summed E-state index contributed by atoms with van der Waals surface area (Å²) in [5.74, 6) is 0.938. The number of ketones is 1. The SMILES string of the molecule is Cc1ccc(C(=O)Cc2ccc(C(=O)N3CCc4cc(-c5nc6ccccc6[nH]5)sc4-c4ccc(F)cc43)cc2)c(N2CC3(CCOCC3)C2)n1. The van der Waals surface area contributed by atoms with Gasteiger partial charge in [-0.15, -0.1) is 11.3 Å². The number of carbonyl (C=O) groups excluding carboxylic acids is 2. The molecule has 0 saturated carbocycles. The fourth-order valence-corrected chi connectivity index (χ4v) is 8.94. The van der Waals surface area contributed by atoms with E-state index in [2.05, 4.69) is 16.0 Å². The lowest BCUT2D eigenvalue weighted by Gasteiger charge is -2.53. The number of rotatable bonds is 6. The lowest BCUT2D eigenvalue weighted by Crippen LogP contribution is -2.59. The number of imidazole rings is 1. The second-order valence-electron chi connectivity index (χ2n) is 14.0. The smallest absolute Gasteiger partial charge is 0.258 e. The molecule has 2 saturated heterocycles. The highest BCUT2D eigenvalue weighted by Crippen LogP contribution is 2.45. The lowest BCUT2D eigenvalue weighted by atomic mass is 9.73. The Balaban J connectivity index is 0.938. The molecule has 9 rings (SSSR count). The quantitative estimate of drug-likeness (QED) is 0.177. The molecule has 6 aromatic rings. The number of aromatic amines is 1. The molecule has 3 aromatic carbocycles. The Morgan fingerprint density at radius 3 is 2.57 bits per heavy atom. The van der Waals surface area contributed by atoms with Gasteiger partial charge < -0.3 is 19.5 Å². The maximum atomic E-state index is 14.8. The highest BCUT2D eigenvalue weighted by molar-refractivity contribution is 7.19. The third kappa shape index (κ3) is 5.82. The predicted octanol–water partition coefficient (Wildman–Crippen LogP) is 8.05. The Bertz CT molecular complexity index is 2280. The molecule has 3 aliphatic heterocycles. The average Bonchev–Trinajstić information content (AvgIpc) is 3.73. The fraction of sp³-hybridized carbons (Fsp3) is 0.268. The monoisotopic (exact) mass is 697 g/mol. The van der Waals surface area contributed by atoms with E-state index < -0.39 is 5.82 Å². The van der Waals surface area contributed by atoms with Crippen LogP contribution in [0.25, 0.3) is 32.2 Å². The van der Waals surface area contributed by atoms with Crippen molar-refractivity contribution in [2.24, 2.45) is 5.41 Å². The van der Waals surface area contributed by atoms with E-state index in [1.54, 1.807) is 34.4 Å². The number of aryl methyl sites for hydroxylation is 1. The third-order valence-electron chi connectivity index (χ3n) is 10.6. The molecule has 3 aromatic heterocycles. The van der Waals surface area contributed by atoms with Gasteiger partial charge in [0.1, 0.15) is 17.5 Å². The second kappa shape index (κ2) is 12.5. The number of pyridine rings is 1. The Labute approximate surface area is 298 Å². The molecule has 8 nitrogen and oxygen atoms in total. The predicted molar refractivity (Wildman–Crippen MR) is 198 cm³/mol. The molecule has 3 aliphatic rings. The number of ether oxygens (including phenoxy) is 1. The zero-order valence-corrected chi connectivity index (χ0v) is 29.1. The number of carbonyl (C=O) groups is 2. The molecule has 1 amide bonds. The number of benzene rings is 3. The number of Topliss-reactive ketones (excluding diaryl/α,β-unsaturated/α-hetero) is 1. The molecule has 2 fully saturated rings. The van der Waals surface area contributed by atoms with Gasteiger partial charge in [0, 0.05) is 66.4 Å². The van der Waals surface area contributed by atoms with Crippen molar-refractivity contribution in [1.29, 1.82) is 0 Å². The van der Waals surface area contributed by atoms with Crippen LogP contribution in [-0.4, -0.2) is 59.5 Å². The van der Waals surface area contributed by atoms with Gasteiger partial charge in [0.15, 0.2) is 5.78 Å². The highest BCUT2D eigenvalue weighted by Gasteiger charge is 2.45. The number of anilines is 2. The van der Waals surface area contributed by atoms with E-state index in [9.17, 15) is 14.0 Å². The van der Waals surface area contributed by atoms with Gasteiger partial charge in [-0.25, -0.2) is 14.4 Å². The Kier molecular flexibility index (Phi) is 7.81. The van der Waals surface area contributed by atoms with Gasteiger partial charge in [-0.05, 0) is 98.0 Å². The summed E-state index contributed by atoms with van der Waals surface area (Å²) >= 11 is 1.60. The van der Waals surface area contributed by atoms with E-state index in [0.717, 1.165) is 94.0 Å². The molecule has 6 heterocycles. The van der Waals surface area contributed by atoms with E-state index in [4.69, 9.17) is 14.7 Å². The Morgan fingerprint density at radius 1 is 0.961 bits per heavy atom. The molecule has 0 radical (unpaired) electrons. The minimum Gasteiger partial charge on any atom is -0.381 e. The number of thiophene rings is 1. The highest BCUT2D eigenvalue weighted by atomic mass is 32.1. The van der Waals surface area contributed by atoms with Gasteiger partial charge in [-0.1, -0.05) is 24.3 Å². The van der Waals surface area contributed by atoms with Gasteiger partial charge in [-0.2, -0.15) is 0 Å². The van der Waals surface area contributed by atoms with Crippen LogP contribution in [0, 0.1) is 18.2 Å². The number of aromatic nitrogens is 3. The number of H-pyrrole nitrogens is 1. The molecule has 1 N–H and O–H groups in total. The largest absolute Gasteiger partial charge is 0.381 e. The molecule has 0 aliphatic carbocycles. The summed E-state index contributed by atoms with van der Waals surface area (Å²) in [6.07, 6.45) is 2.89. The minimum atomic E-state index is -0.399. The van der Waals surface area contributed by atoms with Gasteiger partial charge in [0.2, 0.25) is 0 Å². The third-order valence-corrected chi connectivity index (χ3v) is 11.8. The van der Waals surface area contributed by atoms with E-state index in [1.807, 2.05) is 55.5 Å².